The number of pyridine rings is 1. The van der Waals surface area contributed by atoms with Gasteiger partial charge in [0.1, 0.15) is 0 Å². The molecule has 0 radical (unpaired) electrons. The van der Waals surface area contributed by atoms with Crippen LogP contribution < -0.4 is 11.0 Å². The van der Waals surface area contributed by atoms with Crippen molar-refractivity contribution in [2.45, 2.75) is 19.9 Å². The number of aryl methyl sites for hydroxylation is 1. The van der Waals surface area contributed by atoms with Crippen molar-refractivity contribution in [1.82, 2.24) is 4.57 Å². The zero-order valence-corrected chi connectivity index (χ0v) is 10.8. The highest BCUT2D eigenvalue weighted by molar-refractivity contribution is 6.58. The molecule has 0 amide bonds. The monoisotopic (exact) mass is 257 g/mol. The van der Waals surface area contributed by atoms with Crippen molar-refractivity contribution in [3.63, 3.8) is 0 Å². The van der Waals surface area contributed by atoms with Gasteiger partial charge < -0.3 is 14.6 Å². The van der Waals surface area contributed by atoms with Gasteiger partial charge in [-0.05, 0) is 29.1 Å². The Balaban J connectivity index is 2.26. The molecule has 0 saturated carbocycles. The summed E-state index contributed by atoms with van der Waals surface area (Å²) in [6.45, 7) is 2.43. The second kappa shape index (κ2) is 5.86. The van der Waals surface area contributed by atoms with E-state index in [4.69, 9.17) is 10.0 Å². The molecule has 0 aliphatic heterocycles. The molecule has 1 aromatic heterocycles. The van der Waals surface area contributed by atoms with E-state index in [9.17, 15) is 4.79 Å². The summed E-state index contributed by atoms with van der Waals surface area (Å²) in [7, 11) is -1.49. The van der Waals surface area contributed by atoms with Gasteiger partial charge in [-0.25, -0.2) is 0 Å². The number of benzene rings is 1. The standard InChI is InChI=1S/C14H16BNO3/c1-2-11-6-7-16(14(17)9-11)10-12-4-3-5-13(8-12)15(18)19/h3-9,18-19H,2,10H2,1H3. The molecule has 0 unspecified atom stereocenters. The Kier molecular flexibility index (Phi) is 4.19. The van der Waals surface area contributed by atoms with Crippen LogP contribution in [0.5, 0.6) is 0 Å². The van der Waals surface area contributed by atoms with Gasteiger partial charge in [0.25, 0.3) is 5.56 Å². The number of aromatic nitrogens is 1. The maximum atomic E-state index is 11.9. The van der Waals surface area contributed by atoms with Crippen LogP contribution in [0.1, 0.15) is 18.1 Å². The molecule has 0 aliphatic rings. The van der Waals surface area contributed by atoms with E-state index in [2.05, 4.69) is 0 Å². The van der Waals surface area contributed by atoms with Crippen LogP contribution in [0.15, 0.2) is 47.4 Å². The third kappa shape index (κ3) is 3.33. The Morgan fingerprint density at radius 3 is 2.58 bits per heavy atom. The minimum absolute atomic E-state index is 0.0469. The lowest BCUT2D eigenvalue weighted by Gasteiger charge is -2.08. The topological polar surface area (TPSA) is 62.5 Å². The molecule has 1 aromatic carbocycles. The van der Waals surface area contributed by atoms with Gasteiger partial charge in [-0.3, -0.25) is 4.79 Å². The molecule has 0 saturated heterocycles. The minimum atomic E-state index is -1.49. The average molecular weight is 257 g/mol. The van der Waals surface area contributed by atoms with Crippen LogP contribution in [0.25, 0.3) is 0 Å². The summed E-state index contributed by atoms with van der Waals surface area (Å²) >= 11 is 0. The Bertz CT molecular complexity index is 622. The highest BCUT2D eigenvalue weighted by atomic mass is 16.4. The van der Waals surface area contributed by atoms with E-state index < -0.39 is 7.12 Å². The first-order chi connectivity index (χ1) is 9.10. The molecule has 5 heteroatoms. The fourth-order valence-electron chi connectivity index (χ4n) is 1.95. The van der Waals surface area contributed by atoms with Crippen molar-refractivity contribution in [2.24, 2.45) is 0 Å². The van der Waals surface area contributed by atoms with Gasteiger partial charge in [0.05, 0.1) is 6.54 Å². The van der Waals surface area contributed by atoms with Gasteiger partial charge in [0, 0.05) is 12.3 Å². The largest absolute Gasteiger partial charge is 0.488 e. The van der Waals surface area contributed by atoms with E-state index in [0.717, 1.165) is 17.5 Å². The van der Waals surface area contributed by atoms with Gasteiger partial charge in [-0.15, -0.1) is 0 Å². The fraction of sp³-hybridized carbons (Fsp3) is 0.214. The molecule has 98 valence electrons. The number of hydrogen-bond acceptors (Lipinski definition) is 3. The van der Waals surface area contributed by atoms with Gasteiger partial charge in [0.2, 0.25) is 0 Å². The highest BCUT2D eigenvalue weighted by Crippen LogP contribution is 2.01. The predicted molar refractivity (Wildman–Crippen MR) is 75.4 cm³/mol. The Morgan fingerprint density at radius 2 is 1.95 bits per heavy atom. The lowest BCUT2D eigenvalue weighted by molar-refractivity contribution is 0.425. The predicted octanol–water partition coefficient (Wildman–Crippen LogP) is 0.139. The van der Waals surface area contributed by atoms with Crippen LogP contribution in [0.4, 0.5) is 0 Å². The molecule has 1 heterocycles. The third-order valence-corrected chi connectivity index (χ3v) is 3.07. The second-order valence-electron chi connectivity index (χ2n) is 4.47. The lowest BCUT2D eigenvalue weighted by atomic mass is 9.79. The molecule has 0 fully saturated rings. The van der Waals surface area contributed by atoms with Crippen molar-refractivity contribution < 1.29 is 10.0 Å². The maximum Gasteiger partial charge on any atom is 0.488 e. The summed E-state index contributed by atoms with van der Waals surface area (Å²) in [4.78, 5) is 11.9. The van der Waals surface area contributed by atoms with Crippen LogP contribution in [-0.2, 0) is 13.0 Å². The minimum Gasteiger partial charge on any atom is -0.423 e. The maximum absolute atomic E-state index is 11.9. The molecule has 0 aliphatic carbocycles. The van der Waals surface area contributed by atoms with Crippen molar-refractivity contribution in [3.8, 4) is 0 Å². The zero-order chi connectivity index (χ0) is 13.8. The van der Waals surface area contributed by atoms with E-state index in [1.54, 1.807) is 35.0 Å². The lowest BCUT2D eigenvalue weighted by Crippen LogP contribution is -2.30. The first-order valence-electron chi connectivity index (χ1n) is 6.24. The first kappa shape index (κ1) is 13.6. The first-order valence-corrected chi connectivity index (χ1v) is 6.24. The zero-order valence-electron chi connectivity index (χ0n) is 10.8. The summed E-state index contributed by atoms with van der Waals surface area (Å²) in [5.41, 5.74) is 2.25. The quantitative estimate of drug-likeness (QED) is 0.766. The van der Waals surface area contributed by atoms with Gasteiger partial charge in [0.15, 0.2) is 0 Å². The molecule has 2 N–H and O–H groups in total. The van der Waals surface area contributed by atoms with Crippen LogP contribution >= 0.6 is 0 Å². The van der Waals surface area contributed by atoms with Gasteiger partial charge in [-0.2, -0.15) is 0 Å². The fourth-order valence-corrected chi connectivity index (χ4v) is 1.95. The van der Waals surface area contributed by atoms with Gasteiger partial charge >= 0.3 is 7.12 Å². The summed E-state index contributed by atoms with van der Waals surface area (Å²) in [5.74, 6) is 0. The van der Waals surface area contributed by atoms with Crippen LogP contribution in [-0.4, -0.2) is 21.7 Å². The van der Waals surface area contributed by atoms with E-state index in [1.165, 1.54) is 0 Å². The Hall–Kier alpha value is -1.85. The second-order valence-corrected chi connectivity index (χ2v) is 4.47. The van der Waals surface area contributed by atoms with E-state index >= 15 is 0 Å². The SMILES string of the molecule is CCc1ccn(Cc2cccc(B(O)O)c2)c(=O)c1. The molecule has 2 aromatic rings. The Labute approximate surface area is 112 Å². The Morgan fingerprint density at radius 1 is 1.16 bits per heavy atom. The molecular weight excluding hydrogens is 241 g/mol. The molecule has 0 atom stereocenters. The van der Waals surface area contributed by atoms with E-state index in [1.807, 2.05) is 19.1 Å². The summed E-state index contributed by atoms with van der Waals surface area (Å²) < 4.78 is 1.60. The van der Waals surface area contributed by atoms with Gasteiger partial charge in [-0.1, -0.05) is 31.2 Å². The summed E-state index contributed by atoms with van der Waals surface area (Å²) in [6.07, 6.45) is 2.60. The number of rotatable bonds is 4. The molecule has 0 spiro atoms. The highest BCUT2D eigenvalue weighted by Gasteiger charge is 2.10. The summed E-state index contributed by atoms with van der Waals surface area (Å²) in [6, 6.07) is 10.5. The summed E-state index contributed by atoms with van der Waals surface area (Å²) in [5, 5.41) is 18.2. The molecule has 0 bridgehead atoms. The average Bonchev–Trinajstić information content (AvgIpc) is 2.41. The molecule has 19 heavy (non-hydrogen) atoms. The van der Waals surface area contributed by atoms with E-state index in [0.29, 0.717) is 12.0 Å². The van der Waals surface area contributed by atoms with Crippen LogP contribution in [0.3, 0.4) is 0 Å². The normalized spacial score (nSPS) is 10.5. The number of nitrogens with zero attached hydrogens (tertiary/aromatic N) is 1. The van der Waals surface area contributed by atoms with Crippen molar-refractivity contribution >= 4 is 12.6 Å². The van der Waals surface area contributed by atoms with Crippen molar-refractivity contribution in [3.05, 3.63) is 64.1 Å². The van der Waals surface area contributed by atoms with Crippen molar-refractivity contribution in [1.29, 1.82) is 0 Å². The smallest absolute Gasteiger partial charge is 0.423 e. The van der Waals surface area contributed by atoms with Crippen molar-refractivity contribution in [2.75, 3.05) is 0 Å². The van der Waals surface area contributed by atoms with E-state index in [-0.39, 0.29) is 5.56 Å². The molecular formula is C14H16BNO3. The number of hydrogen-bond donors (Lipinski definition) is 2. The third-order valence-electron chi connectivity index (χ3n) is 3.07. The van der Waals surface area contributed by atoms with Crippen LogP contribution in [0, 0.1) is 0 Å². The molecule has 4 nitrogen and oxygen atoms in total. The van der Waals surface area contributed by atoms with Crippen LogP contribution in [0.2, 0.25) is 0 Å². The molecule has 2 rings (SSSR count).